The molecule has 0 aliphatic rings. The Bertz CT molecular complexity index is 18.9. The van der Waals surface area contributed by atoms with Crippen LogP contribution in [0.15, 0.2) is 0 Å². The van der Waals surface area contributed by atoms with E-state index in [1.54, 1.807) is 0 Å². The van der Waals surface area contributed by atoms with Gasteiger partial charge in [0.2, 0.25) is 0 Å². The fraction of sp³-hybridized carbons (Fsp3) is 0.500. The van der Waals surface area contributed by atoms with Crippen LogP contribution in [0.4, 0.5) is 13.2 Å². The molecule has 0 aliphatic heterocycles. The number of halogens is 3. The lowest BCUT2D eigenvalue weighted by atomic mass is 10.8. The van der Waals surface area contributed by atoms with Crippen LogP contribution < -0.4 is 0 Å². The largest absolute Gasteiger partial charge is 0.340 e. The molecule has 0 atom stereocenters. The van der Waals surface area contributed by atoms with Gasteiger partial charge in [-0.05, 0) is 0 Å². The number of alkyl halides is 1. The zero-order chi connectivity index (χ0) is 4.28. The summed E-state index contributed by atoms with van der Waals surface area (Å²) in [5.41, 5.74) is 0. The lowest BCUT2D eigenvalue weighted by molar-refractivity contribution is 0.233. The predicted octanol–water partition coefficient (Wildman–Crippen LogP) is 1.38. The van der Waals surface area contributed by atoms with Crippen LogP contribution in [0.25, 0.3) is 0 Å². The molecule has 31 valence electrons. The lowest BCUT2D eigenvalue weighted by Crippen LogP contribution is -1.75. The van der Waals surface area contributed by atoms with Crippen LogP contribution >= 0.6 is 0 Å². The van der Waals surface area contributed by atoms with Crippen LogP contribution in [0, 0.1) is 6.43 Å². The molecule has 0 heterocycles. The molecular formula is C2H2F3. The van der Waals surface area contributed by atoms with Gasteiger partial charge in [-0.3, -0.25) is 0 Å². The van der Waals surface area contributed by atoms with E-state index in [9.17, 15) is 13.2 Å². The summed E-state index contributed by atoms with van der Waals surface area (Å²) in [4.78, 5) is 0. The zero-order valence-electron chi connectivity index (χ0n) is 2.34. The molecule has 0 unspecified atom stereocenters. The van der Waals surface area contributed by atoms with Crippen molar-refractivity contribution in [3.05, 3.63) is 6.43 Å². The van der Waals surface area contributed by atoms with Crippen LogP contribution in [0.2, 0.25) is 0 Å². The molecule has 1 radical (unpaired) electrons. The first kappa shape index (κ1) is 4.79. The Morgan fingerprint density at radius 1 is 1.40 bits per heavy atom. The molecule has 0 saturated carbocycles. The number of rotatable bonds is 1. The Hall–Kier alpha value is -0.210. The average Bonchev–Trinajstić information content (AvgIpc) is 1.38. The van der Waals surface area contributed by atoms with Crippen molar-refractivity contribution in [3.63, 3.8) is 0 Å². The molecule has 0 saturated heterocycles. The quantitative estimate of drug-likeness (QED) is 0.449. The highest BCUT2D eigenvalue weighted by atomic mass is 19.3. The zero-order valence-corrected chi connectivity index (χ0v) is 2.34. The Kier molecular flexibility index (Phi) is 1.97. The minimum Gasteiger partial charge on any atom is -0.244 e. The second-order valence-electron chi connectivity index (χ2n) is 0.472. The Morgan fingerprint density at radius 3 is 1.60 bits per heavy atom. The molecule has 0 aliphatic carbocycles. The fourth-order valence-corrected chi connectivity index (χ4v) is 0. The first-order valence-corrected chi connectivity index (χ1v) is 0.999. The maximum atomic E-state index is 10.3. The van der Waals surface area contributed by atoms with E-state index in [4.69, 9.17) is 0 Å². The molecule has 0 rings (SSSR count). The Balaban J connectivity index is 2.54. The van der Waals surface area contributed by atoms with E-state index in [2.05, 4.69) is 0 Å². The van der Waals surface area contributed by atoms with E-state index in [0.29, 0.717) is 0 Å². The summed E-state index contributed by atoms with van der Waals surface area (Å²) in [6, 6.07) is 0. The molecule has 0 amide bonds. The molecule has 0 nitrogen and oxygen atoms in total. The molecule has 0 aromatic rings. The third-order valence-electron chi connectivity index (χ3n) is 0.101. The summed E-state index contributed by atoms with van der Waals surface area (Å²) in [5, 5.41) is 0. The molecule has 5 heavy (non-hydrogen) atoms. The van der Waals surface area contributed by atoms with Gasteiger partial charge < -0.3 is 0 Å². The molecule has 0 N–H and O–H groups in total. The van der Waals surface area contributed by atoms with Crippen molar-refractivity contribution in [2.45, 2.75) is 0 Å². The van der Waals surface area contributed by atoms with Gasteiger partial charge in [-0.15, -0.1) is 0 Å². The molecule has 0 bridgehead atoms. The second-order valence-corrected chi connectivity index (χ2v) is 0.472. The summed E-state index contributed by atoms with van der Waals surface area (Å²) < 4.78 is 30.9. The summed E-state index contributed by atoms with van der Waals surface area (Å²) in [6.07, 6.45) is -2.16. The van der Waals surface area contributed by atoms with Gasteiger partial charge in [0.1, 0.15) is 0 Å². The van der Waals surface area contributed by atoms with Crippen molar-refractivity contribution >= 4 is 0 Å². The van der Waals surface area contributed by atoms with Crippen LogP contribution in [-0.4, -0.2) is 6.67 Å². The van der Waals surface area contributed by atoms with Crippen LogP contribution in [0.5, 0.6) is 0 Å². The monoisotopic (exact) mass is 83.0 g/mol. The SMILES string of the molecule is FC[C](F)F. The molecule has 3 heteroatoms. The van der Waals surface area contributed by atoms with Gasteiger partial charge in [-0.25, -0.2) is 4.39 Å². The van der Waals surface area contributed by atoms with E-state index in [-0.39, 0.29) is 0 Å². The summed E-state index contributed by atoms with van der Waals surface area (Å²) in [7, 11) is 0. The van der Waals surface area contributed by atoms with Gasteiger partial charge in [-0.2, -0.15) is 8.78 Å². The summed E-state index contributed by atoms with van der Waals surface area (Å²) in [6.45, 7) is -1.61. The van der Waals surface area contributed by atoms with Crippen molar-refractivity contribution in [2.75, 3.05) is 6.67 Å². The third kappa shape index (κ3) is 3.79. The van der Waals surface area contributed by atoms with Crippen molar-refractivity contribution in [1.29, 1.82) is 0 Å². The maximum Gasteiger partial charge on any atom is 0.340 e. The highest BCUT2D eigenvalue weighted by Gasteiger charge is 1.99. The van der Waals surface area contributed by atoms with Crippen molar-refractivity contribution in [2.24, 2.45) is 0 Å². The minimum absolute atomic E-state index is 1.61. The summed E-state index contributed by atoms with van der Waals surface area (Å²) in [5.74, 6) is 0. The second kappa shape index (κ2) is 2.05. The summed E-state index contributed by atoms with van der Waals surface area (Å²) >= 11 is 0. The van der Waals surface area contributed by atoms with E-state index in [0.717, 1.165) is 0 Å². The van der Waals surface area contributed by atoms with Gasteiger partial charge >= 0.3 is 6.43 Å². The van der Waals surface area contributed by atoms with Crippen molar-refractivity contribution < 1.29 is 13.2 Å². The first-order valence-electron chi connectivity index (χ1n) is 0.999. The molecule has 0 spiro atoms. The fourth-order valence-electron chi connectivity index (χ4n) is 0. The smallest absolute Gasteiger partial charge is 0.244 e. The molecule has 0 fully saturated rings. The van der Waals surface area contributed by atoms with Gasteiger partial charge in [0, 0.05) is 0 Å². The highest BCUT2D eigenvalue weighted by Crippen LogP contribution is 2.00. The molecular weight excluding hydrogens is 81.0 g/mol. The van der Waals surface area contributed by atoms with Gasteiger partial charge in [0.25, 0.3) is 0 Å². The number of hydrogen-bond donors (Lipinski definition) is 0. The Morgan fingerprint density at radius 2 is 1.60 bits per heavy atom. The Labute approximate surface area is 27.6 Å². The third-order valence-corrected chi connectivity index (χ3v) is 0.101. The van der Waals surface area contributed by atoms with Gasteiger partial charge in [0.15, 0.2) is 6.67 Å². The van der Waals surface area contributed by atoms with E-state index < -0.39 is 13.1 Å². The maximum absolute atomic E-state index is 10.3. The molecule has 0 aromatic heterocycles. The van der Waals surface area contributed by atoms with Crippen molar-refractivity contribution in [3.8, 4) is 0 Å². The first-order chi connectivity index (χ1) is 2.27. The standard InChI is InChI=1S/C2H2F3/c3-1-2(4)5/h1H2. The van der Waals surface area contributed by atoms with Gasteiger partial charge in [-0.1, -0.05) is 0 Å². The number of hydrogen-bond acceptors (Lipinski definition) is 0. The lowest BCUT2D eigenvalue weighted by Gasteiger charge is -1.75. The molecule has 0 aromatic carbocycles. The van der Waals surface area contributed by atoms with Crippen LogP contribution in [-0.2, 0) is 0 Å². The van der Waals surface area contributed by atoms with Crippen molar-refractivity contribution in [1.82, 2.24) is 0 Å². The van der Waals surface area contributed by atoms with Gasteiger partial charge in [0.05, 0.1) is 0 Å². The highest BCUT2D eigenvalue weighted by molar-refractivity contribution is 4.51. The predicted molar refractivity (Wildman–Crippen MR) is 11.4 cm³/mol. The average molecular weight is 83.0 g/mol. The van der Waals surface area contributed by atoms with E-state index >= 15 is 0 Å². The topological polar surface area (TPSA) is 0 Å². The minimum atomic E-state index is -2.16. The van der Waals surface area contributed by atoms with E-state index in [1.807, 2.05) is 0 Å². The van der Waals surface area contributed by atoms with Crippen LogP contribution in [0.3, 0.4) is 0 Å². The van der Waals surface area contributed by atoms with E-state index in [1.165, 1.54) is 0 Å². The normalized spacial score (nSPS) is 9.60. The van der Waals surface area contributed by atoms with Crippen LogP contribution in [0.1, 0.15) is 0 Å².